The summed E-state index contributed by atoms with van der Waals surface area (Å²) >= 11 is 0. The highest BCUT2D eigenvalue weighted by Gasteiger charge is 2.24. The average Bonchev–Trinajstić information content (AvgIpc) is 3.55. The van der Waals surface area contributed by atoms with Gasteiger partial charge in [-0.3, -0.25) is 8.97 Å². The number of aliphatic hydroxyl groups is 1. The molecule has 1 N–H and O–H groups in total. The van der Waals surface area contributed by atoms with E-state index in [4.69, 9.17) is 14.1 Å². The van der Waals surface area contributed by atoms with Crippen LogP contribution in [0.2, 0.25) is 0 Å². The number of imidazole rings is 1. The molecule has 0 amide bonds. The third kappa shape index (κ3) is 4.85. The summed E-state index contributed by atoms with van der Waals surface area (Å²) in [4.78, 5) is 24.1. The number of ether oxygens (including phenoxy) is 1. The molecular formula is C30H30N6O4. The molecule has 0 saturated carbocycles. The van der Waals surface area contributed by atoms with Crippen molar-refractivity contribution in [3.63, 3.8) is 0 Å². The molecule has 40 heavy (non-hydrogen) atoms. The fourth-order valence-electron chi connectivity index (χ4n) is 5.54. The van der Waals surface area contributed by atoms with Gasteiger partial charge in [0.05, 0.1) is 41.1 Å². The Morgan fingerprint density at radius 3 is 2.80 bits per heavy atom. The van der Waals surface area contributed by atoms with Crippen LogP contribution in [0.15, 0.2) is 64.1 Å². The van der Waals surface area contributed by atoms with Crippen molar-refractivity contribution in [2.75, 3.05) is 26.2 Å². The summed E-state index contributed by atoms with van der Waals surface area (Å²) in [6.07, 6.45) is 5.28. The monoisotopic (exact) mass is 538 g/mol. The fourth-order valence-corrected chi connectivity index (χ4v) is 5.54. The summed E-state index contributed by atoms with van der Waals surface area (Å²) in [5.41, 5.74) is 5.37. The van der Waals surface area contributed by atoms with Crippen molar-refractivity contribution in [2.24, 2.45) is 13.0 Å². The maximum Gasteiger partial charge on any atom is 0.419 e. The number of hydrogen-bond acceptors (Lipinski definition) is 8. The van der Waals surface area contributed by atoms with Crippen LogP contribution in [0.5, 0.6) is 6.01 Å². The standard InChI is InChI=1S/C30H30N6O4/c1-19(37)16-35-12-3-4-21(17-35)18-39-29-33-27(22-7-5-20(15-31)6-8-22)26(28-32-11-13-36(28)29)23-9-10-24-25(14-23)40-30(38)34(24)2/h5-11,13-14,19,21,37H,3-4,12,16-18H2,1-2H3/t19-,21?/m1/s1. The summed E-state index contributed by atoms with van der Waals surface area (Å²) in [6.45, 7) is 4.80. The Hall–Kier alpha value is -4.46. The summed E-state index contributed by atoms with van der Waals surface area (Å²) in [7, 11) is 1.67. The molecule has 1 fully saturated rings. The highest BCUT2D eigenvalue weighted by molar-refractivity contribution is 5.93. The molecule has 204 valence electrons. The Balaban J connectivity index is 1.43. The number of oxazole rings is 1. The third-order valence-electron chi connectivity index (χ3n) is 7.46. The van der Waals surface area contributed by atoms with Crippen LogP contribution < -0.4 is 10.5 Å². The van der Waals surface area contributed by atoms with Gasteiger partial charge >= 0.3 is 11.8 Å². The molecule has 1 saturated heterocycles. The zero-order chi connectivity index (χ0) is 27.8. The lowest BCUT2D eigenvalue weighted by atomic mass is 9.98. The lowest BCUT2D eigenvalue weighted by molar-refractivity contribution is 0.0778. The lowest BCUT2D eigenvalue weighted by Gasteiger charge is -2.33. The predicted octanol–water partition coefficient (Wildman–Crippen LogP) is 3.85. The van der Waals surface area contributed by atoms with Gasteiger partial charge in [0.25, 0.3) is 0 Å². The van der Waals surface area contributed by atoms with Crippen molar-refractivity contribution < 1.29 is 14.3 Å². The number of likely N-dealkylation sites (tertiary alicyclic amines) is 1. The first-order valence-electron chi connectivity index (χ1n) is 13.4. The summed E-state index contributed by atoms with van der Waals surface area (Å²) in [5, 5.41) is 19.1. The number of aromatic nitrogens is 4. The minimum Gasteiger partial charge on any atom is -0.464 e. The second-order valence-electron chi connectivity index (χ2n) is 10.5. The Morgan fingerprint density at radius 2 is 2.02 bits per heavy atom. The highest BCUT2D eigenvalue weighted by atomic mass is 16.5. The van der Waals surface area contributed by atoms with Crippen LogP contribution in [0.4, 0.5) is 0 Å². The van der Waals surface area contributed by atoms with Gasteiger partial charge in [-0.05, 0) is 56.1 Å². The zero-order valence-electron chi connectivity index (χ0n) is 22.4. The number of β-amino-alcohol motifs (C(OH)–C–C–N with tert-alkyl or cyclic N) is 1. The molecule has 2 atom stereocenters. The molecule has 0 aliphatic carbocycles. The van der Waals surface area contributed by atoms with Crippen LogP contribution in [-0.2, 0) is 7.05 Å². The molecule has 1 aliphatic heterocycles. The molecule has 3 aromatic heterocycles. The topological polar surface area (TPSA) is 122 Å². The molecular weight excluding hydrogens is 508 g/mol. The number of piperidine rings is 1. The van der Waals surface area contributed by atoms with Gasteiger partial charge in [0.15, 0.2) is 11.2 Å². The minimum absolute atomic E-state index is 0.314. The smallest absolute Gasteiger partial charge is 0.419 e. The van der Waals surface area contributed by atoms with E-state index in [1.807, 2.05) is 47.9 Å². The normalized spacial score (nSPS) is 16.8. The second kappa shape index (κ2) is 10.6. The van der Waals surface area contributed by atoms with Crippen molar-refractivity contribution in [1.82, 2.24) is 23.8 Å². The first-order chi connectivity index (χ1) is 19.4. The fraction of sp³-hybridized carbons (Fsp3) is 0.333. The van der Waals surface area contributed by atoms with E-state index >= 15 is 0 Å². The van der Waals surface area contributed by atoms with Gasteiger partial charge in [0, 0.05) is 44.0 Å². The molecule has 0 spiro atoms. The van der Waals surface area contributed by atoms with Crippen molar-refractivity contribution in [3.05, 3.63) is 71.0 Å². The van der Waals surface area contributed by atoms with E-state index in [1.54, 1.807) is 25.4 Å². The van der Waals surface area contributed by atoms with Gasteiger partial charge in [-0.1, -0.05) is 18.2 Å². The van der Waals surface area contributed by atoms with Gasteiger partial charge in [0.2, 0.25) is 0 Å². The quantitative estimate of drug-likeness (QED) is 0.332. The predicted molar refractivity (Wildman–Crippen MR) is 150 cm³/mol. The zero-order valence-corrected chi connectivity index (χ0v) is 22.4. The molecule has 5 aromatic rings. The van der Waals surface area contributed by atoms with Crippen LogP contribution in [0.25, 0.3) is 39.1 Å². The Labute approximate surface area is 230 Å². The van der Waals surface area contributed by atoms with Gasteiger partial charge in [0.1, 0.15) is 0 Å². The van der Waals surface area contributed by atoms with Crippen LogP contribution in [-0.4, -0.2) is 61.3 Å². The molecule has 6 rings (SSSR count). The SMILES string of the molecule is C[C@@H](O)CN1CCCC(COc2nc(-c3ccc(C#N)cc3)c(-c3ccc4c(c3)oc(=O)n4C)c3nccn23)C1. The number of nitrogens with zero attached hydrogens (tertiary/aromatic N) is 6. The first-order valence-corrected chi connectivity index (χ1v) is 13.4. The van der Waals surface area contributed by atoms with E-state index in [2.05, 4.69) is 16.0 Å². The maximum absolute atomic E-state index is 12.1. The molecule has 4 heterocycles. The highest BCUT2D eigenvalue weighted by Crippen LogP contribution is 2.37. The number of nitriles is 1. The number of hydrogen-bond donors (Lipinski definition) is 1. The number of fused-ring (bicyclic) bond motifs is 2. The Morgan fingerprint density at radius 1 is 1.23 bits per heavy atom. The molecule has 1 unspecified atom stereocenters. The molecule has 10 heteroatoms. The largest absolute Gasteiger partial charge is 0.464 e. The Bertz CT molecular complexity index is 1780. The summed E-state index contributed by atoms with van der Waals surface area (Å²) < 4.78 is 15.1. The lowest BCUT2D eigenvalue weighted by Crippen LogP contribution is -2.41. The number of benzene rings is 2. The van der Waals surface area contributed by atoms with E-state index in [-0.39, 0.29) is 6.10 Å². The minimum atomic E-state index is -0.429. The number of aliphatic hydroxyl groups excluding tert-OH is 1. The van der Waals surface area contributed by atoms with Crippen LogP contribution in [0.1, 0.15) is 25.3 Å². The number of rotatable bonds is 7. The Kier molecular flexibility index (Phi) is 6.84. The van der Waals surface area contributed by atoms with Gasteiger partial charge in [-0.15, -0.1) is 0 Å². The summed E-state index contributed by atoms with van der Waals surface area (Å²) in [5.74, 6) is -0.115. The molecule has 0 radical (unpaired) electrons. The van der Waals surface area contributed by atoms with Crippen molar-refractivity contribution in [1.29, 1.82) is 5.26 Å². The maximum atomic E-state index is 12.1. The van der Waals surface area contributed by atoms with E-state index in [0.717, 1.165) is 42.6 Å². The van der Waals surface area contributed by atoms with E-state index in [9.17, 15) is 15.2 Å². The van der Waals surface area contributed by atoms with Crippen molar-refractivity contribution in [2.45, 2.75) is 25.9 Å². The van der Waals surface area contributed by atoms with Gasteiger partial charge in [-0.25, -0.2) is 9.78 Å². The van der Waals surface area contributed by atoms with Crippen LogP contribution in [0.3, 0.4) is 0 Å². The molecule has 0 bridgehead atoms. The van der Waals surface area contributed by atoms with Crippen LogP contribution >= 0.6 is 0 Å². The average molecular weight is 539 g/mol. The second-order valence-corrected chi connectivity index (χ2v) is 10.5. The van der Waals surface area contributed by atoms with E-state index in [1.165, 1.54) is 4.57 Å². The first kappa shape index (κ1) is 25.8. The summed E-state index contributed by atoms with van der Waals surface area (Å²) in [6, 6.07) is 15.4. The van der Waals surface area contributed by atoms with Crippen molar-refractivity contribution >= 4 is 16.7 Å². The van der Waals surface area contributed by atoms with E-state index < -0.39 is 5.76 Å². The van der Waals surface area contributed by atoms with Crippen LogP contribution in [0, 0.1) is 17.2 Å². The molecule has 1 aliphatic rings. The van der Waals surface area contributed by atoms with E-state index in [0.29, 0.717) is 53.1 Å². The van der Waals surface area contributed by atoms with Crippen molar-refractivity contribution in [3.8, 4) is 34.5 Å². The third-order valence-corrected chi connectivity index (χ3v) is 7.46. The molecule has 10 nitrogen and oxygen atoms in total. The van der Waals surface area contributed by atoms with Gasteiger partial charge < -0.3 is 19.2 Å². The number of aryl methyl sites for hydroxylation is 1. The van der Waals surface area contributed by atoms with Gasteiger partial charge in [-0.2, -0.15) is 10.2 Å². The molecule has 2 aromatic carbocycles.